The Morgan fingerprint density at radius 3 is 2.32 bits per heavy atom. The lowest BCUT2D eigenvalue weighted by Gasteiger charge is -2.49. The van der Waals surface area contributed by atoms with E-state index in [0.717, 1.165) is 0 Å². The molecule has 34 heavy (non-hydrogen) atoms. The first-order valence-electron chi connectivity index (χ1n) is 10.5. The van der Waals surface area contributed by atoms with Crippen LogP contribution in [0.3, 0.4) is 0 Å². The molecule has 2 saturated heterocycles. The fourth-order valence-corrected chi connectivity index (χ4v) is 5.45. The van der Waals surface area contributed by atoms with Crippen LogP contribution in [0.2, 0.25) is 0 Å². The minimum atomic E-state index is -2.12. The molecule has 0 radical (unpaired) electrons. The molecular formula is C25H21BrN4O4. The minimum Gasteiger partial charge on any atom is -0.497 e. The van der Waals surface area contributed by atoms with Crippen molar-refractivity contribution in [2.24, 2.45) is 10.8 Å². The third kappa shape index (κ3) is 3.00. The van der Waals surface area contributed by atoms with Gasteiger partial charge < -0.3 is 18.9 Å². The predicted molar refractivity (Wildman–Crippen MR) is 124 cm³/mol. The van der Waals surface area contributed by atoms with Gasteiger partial charge >= 0.3 is 0 Å². The van der Waals surface area contributed by atoms with Crippen LogP contribution < -0.4 is 9.47 Å². The molecule has 0 spiro atoms. The van der Waals surface area contributed by atoms with Crippen LogP contribution in [0.15, 0.2) is 46.9 Å². The van der Waals surface area contributed by atoms with Gasteiger partial charge in [0.25, 0.3) is 0 Å². The van der Waals surface area contributed by atoms with Crippen LogP contribution in [-0.4, -0.2) is 25.4 Å². The zero-order valence-electron chi connectivity index (χ0n) is 18.8. The Kier molecular flexibility index (Phi) is 5.77. The Labute approximate surface area is 205 Å². The summed E-state index contributed by atoms with van der Waals surface area (Å²) < 4.78 is 24.0. The van der Waals surface area contributed by atoms with E-state index in [9.17, 15) is 15.8 Å². The second-order valence-electron chi connectivity index (χ2n) is 8.22. The number of nitrogens with one attached hydrogen (secondary N) is 1. The number of hydrogen-bond donors (Lipinski definition) is 1. The Bertz CT molecular complexity index is 1260. The first-order chi connectivity index (χ1) is 16.3. The fraction of sp³-hybridized carbons (Fsp3) is 0.360. The molecule has 0 amide bonds. The van der Waals surface area contributed by atoms with Crippen molar-refractivity contribution in [1.82, 2.24) is 0 Å². The molecule has 4 atom stereocenters. The van der Waals surface area contributed by atoms with Gasteiger partial charge in [-0.3, -0.25) is 5.41 Å². The summed E-state index contributed by atoms with van der Waals surface area (Å²) in [6.07, 6.45) is -1.23. The van der Waals surface area contributed by atoms with Crippen LogP contribution in [0, 0.1) is 50.2 Å². The van der Waals surface area contributed by atoms with Gasteiger partial charge in [0.2, 0.25) is 17.1 Å². The zero-order chi connectivity index (χ0) is 24.7. The standard InChI is InChI=1S/C25H21BrN4O4/c1-4-32-19-10-7-16(26)11-18(19)21-24(12-27,13-28)25(14-29)20(23(2,33-21)34-22(25)30)15-5-8-17(31-3)9-6-15/h5-11,20-21,30H,4H2,1-3H3. The third-order valence-corrected chi connectivity index (χ3v) is 7.01. The van der Waals surface area contributed by atoms with Crippen LogP contribution in [0.5, 0.6) is 11.5 Å². The van der Waals surface area contributed by atoms with E-state index in [1.807, 2.05) is 6.92 Å². The molecule has 0 aromatic heterocycles. The summed E-state index contributed by atoms with van der Waals surface area (Å²) in [5.41, 5.74) is -3.07. The number of ether oxygens (including phenoxy) is 4. The molecule has 2 aromatic carbocycles. The molecule has 0 saturated carbocycles. The van der Waals surface area contributed by atoms with E-state index in [2.05, 4.69) is 34.1 Å². The highest BCUT2D eigenvalue weighted by atomic mass is 79.9. The van der Waals surface area contributed by atoms with Gasteiger partial charge in [-0.2, -0.15) is 15.8 Å². The van der Waals surface area contributed by atoms with Gasteiger partial charge in [-0.1, -0.05) is 28.1 Å². The van der Waals surface area contributed by atoms with Gasteiger partial charge in [-0.15, -0.1) is 0 Å². The molecule has 4 unspecified atom stereocenters. The maximum absolute atomic E-state index is 10.6. The molecule has 2 aliphatic heterocycles. The van der Waals surface area contributed by atoms with Crippen molar-refractivity contribution in [3.8, 4) is 29.7 Å². The SMILES string of the molecule is CCOc1ccc(Br)cc1C1OC2(C)OC(=N)C(C#N)(C2c2ccc(OC)cc2)C1(C#N)C#N. The molecule has 2 fully saturated rings. The number of methoxy groups -OCH3 is 1. The summed E-state index contributed by atoms with van der Waals surface area (Å²) in [6, 6.07) is 18.3. The van der Waals surface area contributed by atoms with Crippen molar-refractivity contribution in [2.45, 2.75) is 31.7 Å². The Hall–Kier alpha value is -3.58. The highest BCUT2D eigenvalue weighted by Crippen LogP contribution is 2.70. The summed E-state index contributed by atoms with van der Waals surface area (Å²) >= 11 is 3.43. The molecule has 2 aliphatic rings. The average molecular weight is 521 g/mol. The van der Waals surface area contributed by atoms with Crippen molar-refractivity contribution >= 4 is 21.8 Å². The smallest absolute Gasteiger partial charge is 0.218 e. The van der Waals surface area contributed by atoms with Gasteiger partial charge in [0.05, 0.1) is 37.8 Å². The van der Waals surface area contributed by atoms with E-state index >= 15 is 0 Å². The maximum atomic E-state index is 10.6. The summed E-state index contributed by atoms with van der Waals surface area (Å²) in [4.78, 5) is 0. The van der Waals surface area contributed by atoms with Crippen LogP contribution in [-0.2, 0) is 9.47 Å². The normalized spacial score (nSPS) is 28.7. The van der Waals surface area contributed by atoms with Gasteiger partial charge in [-0.05, 0) is 42.8 Å². The number of nitrogens with zero attached hydrogens (tertiary/aromatic N) is 3. The van der Waals surface area contributed by atoms with Crippen LogP contribution in [0.4, 0.5) is 0 Å². The van der Waals surface area contributed by atoms with Gasteiger partial charge in [0.15, 0.2) is 5.41 Å². The highest BCUT2D eigenvalue weighted by molar-refractivity contribution is 9.10. The van der Waals surface area contributed by atoms with E-state index in [1.54, 1.807) is 49.4 Å². The van der Waals surface area contributed by atoms with E-state index in [4.69, 9.17) is 24.4 Å². The summed E-state index contributed by atoms with van der Waals surface area (Å²) in [5.74, 6) is -1.90. The van der Waals surface area contributed by atoms with Gasteiger partial charge in [-0.25, -0.2) is 0 Å². The zero-order valence-corrected chi connectivity index (χ0v) is 20.3. The van der Waals surface area contributed by atoms with E-state index in [-0.39, 0.29) is 0 Å². The number of halogens is 1. The lowest BCUT2D eigenvalue weighted by Crippen LogP contribution is -2.57. The largest absolute Gasteiger partial charge is 0.497 e. The molecule has 2 bridgehead atoms. The predicted octanol–water partition coefficient (Wildman–Crippen LogP) is 4.98. The second kappa shape index (κ2) is 8.33. The number of nitriles is 3. The summed E-state index contributed by atoms with van der Waals surface area (Å²) in [7, 11) is 1.54. The number of benzene rings is 2. The second-order valence-corrected chi connectivity index (χ2v) is 9.13. The molecule has 1 N–H and O–H groups in total. The van der Waals surface area contributed by atoms with Crippen molar-refractivity contribution in [3.05, 3.63) is 58.1 Å². The number of fused-ring (bicyclic) bond motifs is 2. The number of hydrogen-bond acceptors (Lipinski definition) is 8. The lowest BCUT2D eigenvalue weighted by atomic mass is 9.52. The molecule has 2 aromatic rings. The topological polar surface area (TPSA) is 132 Å². The molecule has 4 rings (SSSR count). The van der Waals surface area contributed by atoms with Gasteiger partial charge in [0.1, 0.15) is 17.6 Å². The van der Waals surface area contributed by atoms with Crippen LogP contribution >= 0.6 is 15.9 Å². The van der Waals surface area contributed by atoms with Gasteiger partial charge in [0, 0.05) is 17.0 Å². The van der Waals surface area contributed by atoms with Crippen molar-refractivity contribution in [2.75, 3.05) is 13.7 Å². The molecule has 172 valence electrons. The van der Waals surface area contributed by atoms with Crippen molar-refractivity contribution < 1.29 is 18.9 Å². The fourth-order valence-electron chi connectivity index (χ4n) is 5.07. The molecule has 0 aliphatic carbocycles. The first-order valence-corrected chi connectivity index (χ1v) is 11.3. The minimum absolute atomic E-state index is 0.342. The van der Waals surface area contributed by atoms with E-state index in [1.165, 1.54) is 7.11 Å². The van der Waals surface area contributed by atoms with E-state index < -0.39 is 34.5 Å². The van der Waals surface area contributed by atoms with Crippen molar-refractivity contribution in [1.29, 1.82) is 21.2 Å². The molecule has 9 heteroatoms. The van der Waals surface area contributed by atoms with E-state index in [0.29, 0.717) is 33.7 Å². The molecular weight excluding hydrogens is 500 g/mol. The lowest BCUT2D eigenvalue weighted by molar-refractivity contribution is -0.253. The third-order valence-electron chi connectivity index (χ3n) is 6.52. The molecule has 2 heterocycles. The van der Waals surface area contributed by atoms with Crippen LogP contribution in [0.25, 0.3) is 0 Å². The Morgan fingerprint density at radius 2 is 1.76 bits per heavy atom. The monoisotopic (exact) mass is 520 g/mol. The van der Waals surface area contributed by atoms with Crippen LogP contribution in [0.1, 0.15) is 37.0 Å². The maximum Gasteiger partial charge on any atom is 0.218 e. The Morgan fingerprint density at radius 1 is 1.09 bits per heavy atom. The Balaban J connectivity index is 2.02. The first kappa shape index (κ1) is 23.6. The quantitative estimate of drug-likeness (QED) is 0.587. The average Bonchev–Trinajstić information content (AvgIpc) is 3.03. The highest BCUT2D eigenvalue weighted by Gasteiger charge is 2.80. The number of rotatable bonds is 5. The summed E-state index contributed by atoms with van der Waals surface area (Å²) in [6.45, 7) is 3.78. The van der Waals surface area contributed by atoms with Crippen molar-refractivity contribution in [3.63, 3.8) is 0 Å². The molecule has 8 nitrogen and oxygen atoms in total. The summed E-state index contributed by atoms with van der Waals surface area (Å²) in [5, 5.41) is 40.3.